The van der Waals surface area contributed by atoms with Crippen molar-refractivity contribution in [3.05, 3.63) is 31.3 Å². The van der Waals surface area contributed by atoms with Crippen molar-refractivity contribution >= 4 is 44.5 Å². The van der Waals surface area contributed by atoms with E-state index in [1.807, 2.05) is 28.7 Å². The van der Waals surface area contributed by atoms with Gasteiger partial charge < -0.3 is 5.11 Å². The second kappa shape index (κ2) is 4.07. The molecule has 0 spiro atoms. The van der Waals surface area contributed by atoms with Crippen molar-refractivity contribution in [1.82, 2.24) is 0 Å². The number of nitrogens with zero attached hydrogens (tertiary/aromatic N) is 1. The highest BCUT2D eigenvalue weighted by molar-refractivity contribution is 14.1. The van der Waals surface area contributed by atoms with Crippen LogP contribution in [0, 0.1) is 14.9 Å². The van der Waals surface area contributed by atoms with Gasteiger partial charge in [0.15, 0.2) is 0 Å². The van der Waals surface area contributed by atoms with Crippen LogP contribution in [0.15, 0.2) is 16.6 Å². The molecule has 0 aliphatic heterocycles. The Hall–Kier alpha value is -0.610. The zero-order valence-electron chi connectivity index (χ0n) is 6.21. The van der Waals surface area contributed by atoms with E-state index in [1.165, 1.54) is 6.07 Å². The van der Waals surface area contributed by atoms with Gasteiger partial charge >= 0.3 is 5.97 Å². The summed E-state index contributed by atoms with van der Waals surface area (Å²) in [6.07, 6.45) is 0. The van der Waals surface area contributed by atoms with Crippen LogP contribution in [0.3, 0.4) is 0 Å². The largest absolute Gasteiger partial charge is 0.478 e. The Kier molecular flexibility index (Phi) is 3.27. The van der Waals surface area contributed by atoms with Crippen molar-refractivity contribution in [2.45, 2.75) is 0 Å². The molecule has 1 rings (SSSR count). The maximum Gasteiger partial charge on any atom is 0.337 e. The molecule has 0 amide bonds. The molecule has 66 valence electrons. The molecule has 1 N–H and O–H groups in total. The van der Waals surface area contributed by atoms with E-state index in [0.29, 0.717) is 3.57 Å². The van der Waals surface area contributed by atoms with E-state index in [1.54, 1.807) is 6.07 Å². The number of carbonyl (C=O) groups is 1. The molecular weight excluding hydrogens is 349 g/mol. The summed E-state index contributed by atoms with van der Waals surface area (Å²) in [5.41, 5.74) is 0.234. The summed E-state index contributed by atoms with van der Waals surface area (Å²) < 4.78 is 1.36. The van der Waals surface area contributed by atoms with E-state index in [2.05, 4.69) is 15.9 Å². The van der Waals surface area contributed by atoms with E-state index in [9.17, 15) is 4.79 Å². The second-order valence-electron chi connectivity index (χ2n) is 2.20. The molecule has 0 saturated carbocycles. The molecule has 0 atom stereocenters. The van der Waals surface area contributed by atoms with Crippen molar-refractivity contribution in [2.75, 3.05) is 0 Å². The van der Waals surface area contributed by atoms with Crippen molar-refractivity contribution in [3.63, 3.8) is 0 Å². The zero-order valence-corrected chi connectivity index (χ0v) is 9.96. The van der Waals surface area contributed by atoms with Crippen LogP contribution in [-0.4, -0.2) is 11.1 Å². The first-order valence-corrected chi connectivity index (χ1v) is 5.06. The fourth-order valence-corrected chi connectivity index (χ4v) is 1.76. The van der Waals surface area contributed by atoms with Gasteiger partial charge in [-0.3, -0.25) is 0 Å². The van der Waals surface area contributed by atoms with Gasteiger partial charge in [-0.1, -0.05) is 0 Å². The fourth-order valence-electron chi connectivity index (χ4n) is 0.838. The number of aromatic carboxylic acids is 1. The highest BCUT2D eigenvalue weighted by Crippen LogP contribution is 2.25. The van der Waals surface area contributed by atoms with Crippen molar-refractivity contribution in [1.29, 1.82) is 5.26 Å². The molecule has 13 heavy (non-hydrogen) atoms. The molecule has 0 bridgehead atoms. The Balaban J connectivity index is 3.50. The average Bonchev–Trinajstić information content (AvgIpc) is 2.09. The summed E-state index contributed by atoms with van der Waals surface area (Å²) >= 11 is 5.15. The molecule has 0 unspecified atom stereocenters. The lowest BCUT2D eigenvalue weighted by Gasteiger charge is -2.02. The lowest BCUT2D eigenvalue weighted by Crippen LogP contribution is -2.02. The van der Waals surface area contributed by atoms with Crippen LogP contribution in [0.4, 0.5) is 0 Å². The van der Waals surface area contributed by atoms with Crippen LogP contribution >= 0.6 is 38.5 Å². The van der Waals surface area contributed by atoms with Crippen LogP contribution in [-0.2, 0) is 0 Å². The van der Waals surface area contributed by atoms with Crippen LogP contribution in [0.5, 0.6) is 0 Å². The third-order valence-electron chi connectivity index (χ3n) is 1.44. The topological polar surface area (TPSA) is 61.1 Å². The summed E-state index contributed by atoms with van der Waals surface area (Å²) in [5.74, 6) is -1.08. The van der Waals surface area contributed by atoms with Crippen molar-refractivity contribution in [3.8, 4) is 6.07 Å². The first-order chi connectivity index (χ1) is 6.07. The number of nitriles is 1. The summed E-state index contributed by atoms with van der Waals surface area (Å²) in [6, 6.07) is 4.89. The maximum atomic E-state index is 10.7. The van der Waals surface area contributed by atoms with Gasteiger partial charge in [-0.15, -0.1) is 0 Å². The number of carboxylic acid groups (broad SMARTS) is 1. The number of hydrogen-bond donors (Lipinski definition) is 1. The van der Waals surface area contributed by atoms with Gasteiger partial charge in [-0.25, -0.2) is 4.79 Å². The normalized spacial score (nSPS) is 9.31. The van der Waals surface area contributed by atoms with E-state index in [-0.39, 0.29) is 11.1 Å². The predicted octanol–water partition coefficient (Wildman–Crippen LogP) is 2.62. The second-order valence-corrected chi connectivity index (χ2v) is 4.13. The molecule has 0 saturated heterocycles. The number of halogens is 2. The number of hydrogen-bond acceptors (Lipinski definition) is 2. The molecule has 3 nitrogen and oxygen atoms in total. The fraction of sp³-hybridized carbons (Fsp3) is 0. The minimum absolute atomic E-state index is 0.0371. The summed E-state index contributed by atoms with van der Waals surface area (Å²) in [7, 11) is 0. The Bertz CT molecular complexity index is 411. The first kappa shape index (κ1) is 10.5. The Morgan fingerprint density at radius 3 is 2.69 bits per heavy atom. The van der Waals surface area contributed by atoms with E-state index >= 15 is 0 Å². The van der Waals surface area contributed by atoms with Gasteiger partial charge in [0.05, 0.1) is 11.1 Å². The van der Waals surface area contributed by atoms with Gasteiger partial charge in [0, 0.05) is 8.04 Å². The summed E-state index contributed by atoms with van der Waals surface area (Å²) in [5, 5.41) is 17.5. The third kappa shape index (κ3) is 2.00. The third-order valence-corrected chi connectivity index (χ3v) is 3.96. The smallest absolute Gasteiger partial charge is 0.337 e. The van der Waals surface area contributed by atoms with Crippen LogP contribution in [0.1, 0.15) is 15.9 Å². The molecule has 0 aliphatic carbocycles. The minimum atomic E-state index is -1.08. The standard InChI is InChI=1S/C8H3BrINO2/c9-6-2-1-4(8(12)13)5(3-11)7(6)10/h1-2H,(H,12,13). The molecule has 5 heteroatoms. The average molecular weight is 352 g/mol. The number of benzene rings is 1. The molecular formula is C8H3BrINO2. The monoisotopic (exact) mass is 351 g/mol. The Labute approximate surface area is 96.6 Å². The molecule has 0 radical (unpaired) electrons. The van der Waals surface area contributed by atoms with E-state index < -0.39 is 5.97 Å². The Morgan fingerprint density at radius 2 is 2.23 bits per heavy atom. The SMILES string of the molecule is N#Cc1c(C(=O)O)ccc(Br)c1I. The van der Waals surface area contributed by atoms with Gasteiger partial charge in [-0.05, 0) is 50.7 Å². The van der Waals surface area contributed by atoms with E-state index in [4.69, 9.17) is 10.4 Å². The molecule has 0 heterocycles. The van der Waals surface area contributed by atoms with Gasteiger partial charge in [-0.2, -0.15) is 5.26 Å². The quantitative estimate of drug-likeness (QED) is 0.791. The number of rotatable bonds is 1. The highest BCUT2D eigenvalue weighted by Gasteiger charge is 2.14. The lowest BCUT2D eigenvalue weighted by molar-refractivity contribution is 0.0696. The molecule has 0 fully saturated rings. The van der Waals surface area contributed by atoms with Gasteiger partial charge in [0.1, 0.15) is 6.07 Å². The van der Waals surface area contributed by atoms with Gasteiger partial charge in [0.2, 0.25) is 0 Å². The van der Waals surface area contributed by atoms with Gasteiger partial charge in [0.25, 0.3) is 0 Å². The maximum absolute atomic E-state index is 10.7. The van der Waals surface area contributed by atoms with Crippen LogP contribution < -0.4 is 0 Å². The Morgan fingerprint density at radius 1 is 1.62 bits per heavy atom. The van der Waals surface area contributed by atoms with Crippen molar-refractivity contribution < 1.29 is 9.90 Å². The highest BCUT2D eigenvalue weighted by atomic mass is 127. The minimum Gasteiger partial charge on any atom is -0.478 e. The van der Waals surface area contributed by atoms with Crippen molar-refractivity contribution in [2.24, 2.45) is 0 Å². The molecule has 1 aromatic carbocycles. The lowest BCUT2D eigenvalue weighted by atomic mass is 10.1. The molecule has 1 aromatic rings. The van der Waals surface area contributed by atoms with E-state index in [0.717, 1.165) is 4.47 Å². The summed E-state index contributed by atoms with van der Waals surface area (Å²) in [4.78, 5) is 10.7. The summed E-state index contributed by atoms with van der Waals surface area (Å²) in [6.45, 7) is 0. The zero-order chi connectivity index (χ0) is 10.0. The predicted molar refractivity (Wildman–Crippen MR) is 58.5 cm³/mol. The number of carboxylic acids is 1. The van der Waals surface area contributed by atoms with Crippen LogP contribution in [0.25, 0.3) is 0 Å². The first-order valence-electron chi connectivity index (χ1n) is 3.19. The molecule has 0 aromatic heterocycles. The van der Waals surface area contributed by atoms with Crippen LogP contribution in [0.2, 0.25) is 0 Å². The molecule has 0 aliphatic rings.